The molecule has 1 aromatic heterocycles. The Morgan fingerprint density at radius 3 is 2.25 bits per heavy atom. The van der Waals surface area contributed by atoms with Crippen molar-refractivity contribution in [1.29, 1.82) is 0 Å². The third-order valence-electron chi connectivity index (χ3n) is 4.14. The largest absolute Gasteiger partial charge is 0.325 e. The summed E-state index contributed by atoms with van der Waals surface area (Å²) in [5.41, 5.74) is 2.77. The first-order valence-electron chi connectivity index (χ1n) is 9.39. The van der Waals surface area contributed by atoms with Gasteiger partial charge in [-0.25, -0.2) is 23.1 Å². The van der Waals surface area contributed by atoms with E-state index in [4.69, 9.17) is 23.2 Å². The number of benzene rings is 2. The first-order valence-corrected chi connectivity index (χ1v) is 12.8. The summed E-state index contributed by atoms with van der Waals surface area (Å²) in [5.74, 6) is 0.644. The number of nitrogens with one attached hydrogen (secondary N) is 2. The summed E-state index contributed by atoms with van der Waals surface area (Å²) in [6.07, 6.45) is 0. The van der Waals surface area contributed by atoms with Crippen LogP contribution in [0.1, 0.15) is 17.0 Å². The first kappa shape index (κ1) is 24.3. The molecule has 0 aliphatic heterocycles. The number of hydrogen-bond acceptors (Lipinski definition) is 6. The van der Waals surface area contributed by atoms with Gasteiger partial charge in [-0.15, -0.1) is 11.8 Å². The van der Waals surface area contributed by atoms with Crippen LogP contribution in [-0.2, 0) is 20.6 Å². The summed E-state index contributed by atoms with van der Waals surface area (Å²) >= 11 is 13.3. The first-order chi connectivity index (χ1) is 15.1. The fourth-order valence-corrected chi connectivity index (χ4v) is 4.80. The average Bonchev–Trinajstić information content (AvgIpc) is 2.70. The highest BCUT2D eigenvalue weighted by molar-refractivity contribution is 7.99. The number of carbonyl (C=O) groups is 1. The van der Waals surface area contributed by atoms with Crippen molar-refractivity contribution in [3.05, 3.63) is 75.5 Å². The van der Waals surface area contributed by atoms with E-state index in [-0.39, 0.29) is 22.5 Å². The average molecular weight is 511 g/mol. The molecule has 2 N–H and O–H groups in total. The van der Waals surface area contributed by atoms with Crippen molar-refractivity contribution in [2.45, 2.75) is 24.5 Å². The molecular weight excluding hydrogens is 491 g/mol. The number of rotatable bonds is 8. The van der Waals surface area contributed by atoms with Gasteiger partial charge in [0, 0.05) is 22.8 Å². The van der Waals surface area contributed by atoms with Crippen LogP contribution in [0, 0.1) is 13.8 Å². The van der Waals surface area contributed by atoms with Crippen LogP contribution in [0.15, 0.2) is 53.4 Å². The van der Waals surface area contributed by atoms with Gasteiger partial charge in [-0.2, -0.15) is 0 Å². The van der Waals surface area contributed by atoms with Crippen LogP contribution < -0.4 is 10.0 Å². The predicted molar refractivity (Wildman–Crippen MR) is 130 cm³/mol. The third-order valence-corrected chi connectivity index (χ3v) is 7.23. The summed E-state index contributed by atoms with van der Waals surface area (Å²) in [6.45, 7) is 3.51. The van der Waals surface area contributed by atoms with E-state index in [1.807, 2.05) is 6.07 Å². The molecular formula is C21H20Cl2N4O3S2. The summed E-state index contributed by atoms with van der Waals surface area (Å²) < 4.78 is 27.5. The summed E-state index contributed by atoms with van der Waals surface area (Å²) in [6, 6.07) is 13.0. The van der Waals surface area contributed by atoms with Gasteiger partial charge in [0.05, 0.1) is 20.7 Å². The second-order valence-electron chi connectivity index (χ2n) is 6.89. The molecule has 0 fully saturated rings. The molecule has 32 heavy (non-hydrogen) atoms. The molecule has 0 radical (unpaired) electrons. The van der Waals surface area contributed by atoms with E-state index in [2.05, 4.69) is 20.0 Å². The zero-order valence-corrected chi connectivity index (χ0v) is 20.4. The van der Waals surface area contributed by atoms with Crippen molar-refractivity contribution in [3.63, 3.8) is 0 Å². The van der Waals surface area contributed by atoms with Crippen molar-refractivity contribution in [2.75, 3.05) is 15.8 Å². The van der Waals surface area contributed by atoms with Gasteiger partial charge in [-0.1, -0.05) is 29.3 Å². The zero-order valence-electron chi connectivity index (χ0n) is 17.2. The number of hydrogen-bond donors (Lipinski definition) is 2. The maximum atomic E-state index is 12.6. The standard InChI is InChI=1S/C21H20Cl2N4O3S2/c1-13-9-14(2)25-21(24-13)27-32(29,30)17-6-4-16(5-7-17)26-20(28)12-31-11-15-3-8-18(22)19(23)10-15/h3-10H,11-12H2,1-2H3,(H,26,28)(H,24,25,27). The SMILES string of the molecule is Cc1cc(C)nc(NS(=O)(=O)c2ccc(NC(=O)CSCc3ccc(Cl)c(Cl)c3)cc2)n1. The number of aromatic nitrogens is 2. The second kappa shape index (κ2) is 10.5. The van der Waals surface area contributed by atoms with Gasteiger partial charge >= 0.3 is 0 Å². The lowest BCUT2D eigenvalue weighted by Gasteiger charge is -2.09. The summed E-state index contributed by atoms with van der Waals surface area (Å²) in [5, 5.41) is 3.71. The Kier molecular flexibility index (Phi) is 8.00. The highest BCUT2D eigenvalue weighted by Gasteiger charge is 2.16. The molecule has 0 unspecified atom stereocenters. The highest BCUT2D eigenvalue weighted by atomic mass is 35.5. The fourth-order valence-electron chi connectivity index (χ4n) is 2.76. The fraction of sp³-hybridized carbons (Fsp3) is 0.190. The van der Waals surface area contributed by atoms with Gasteiger partial charge < -0.3 is 5.32 Å². The van der Waals surface area contributed by atoms with E-state index in [0.717, 1.165) is 5.56 Å². The lowest BCUT2D eigenvalue weighted by atomic mass is 10.2. The van der Waals surface area contributed by atoms with E-state index in [9.17, 15) is 13.2 Å². The van der Waals surface area contributed by atoms with E-state index in [1.165, 1.54) is 36.0 Å². The molecule has 1 heterocycles. The van der Waals surface area contributed by atoms with Crippen molar-refractivity contribution in [1.82, 2.24) is 9.97 Å². The van der Waals surface area contributed by atoms with Crippen LogP contribution in [0.25, 0.3) is 0 Å². The molecule has 0 bridgehead atoms. The van der Waals surface area contributed by atoms with Gasteiger partial charge in [0.15, 0.2) is 0 Å². The molecule has 3 aromatic rings. The normalized spacial score (nSPS) is 11.2. The Labute approximate surface area is 201 Å². The van der Waals surface area contributed by atoms with E-state index in [1.54, 1.807) is 32.0 Å². The van der Waals surface area contributed by atoms with Crippen molar-refractivity contribution < 1.29 is 13.2 Å². The van der Waals surface area contributed by atoms with Gasteiger partial charge in [0.1, 0.15) is 0 Å². The lowest BCUT2D eigenvalue weighted by Crippen LogP contribution is -2.16. The Hall–Kier alpha value is -2.33. The number of sulfonamides is 1. The number of halogens is 2. The van der Waals surface area contributed by atoms with Gasteiger partial charge in [-0.3, -0.25) is 4.79 Å². The molecule has 0 atom stereocenters. The molecule has 0 saturated carbocycles. The Balaban J connectivity index is 1.55. The van der Waals surface area contributed by atoms with Crippen LogP contribution >= 0.6 is 35.0 Å². The van der Waals surface area contributed by atoms with Crippen LogP contribution in [0.5, 0.6) is 0 Å². The maximum Gasteiger partial charge on any atom is 0.264 e. The Morgan fingerprint density at radius 1 is 0.969 bits per heavy atom. The van der Waals surface area contributed by atoms with Gasteiger partial charge in [0.2, 0.25) is 11.9 Å². The van der Waals surface area contributed by atoms with Crippen LogP contribution in [0.2, 0.25) is 10.0 Å². The smallest absolute Gasteiger partial charge is 0.264 e. The van der Waals surface area contributed by atoms with Crippen LogP contribution in [-0.4, -0.2) is 30.0 Å². The predicted octanol–water partition coefficient (Wildman–Crippen LogP) is 5.07. The Morgan fingerprint density at radius 2 is 1.62 bits per heavy atom. The monoisotopic (exact) mass is 510 g/mol. The molecule has 168 valence electrons. The minimum absolute atomic E-state index is 0.0129. The quantitative estimate of drug-likeness (QED) is 0.438. The Bertz CT molecular complexity index is 1220. The number of nitrogens with zero attached hydrogens (tertiary/aromatic N) is 2. The lowest BCUT2D eigenvalue weighted by molar-refractivity contribution is -0.113. The second-order valence-corrected chi connectivity index (χ2v) is 10.4. The van der Waals surface area contributed by atoms with Crippen molar-refractivity contribution in [3.8, 4) is 0 Å². The van der Waals surface area contributed by atoms with Crippen LogP contribution in [0.4, 0.5) is 11.6 Å². The molecule has 1 amide bonds. The molecule has 0 saturated heterocycles. The van der Waals surface area contributed by atoms with Crippen LogP contribution in [0.3, 0.4) is 0 Å². The van der Waals surface area contributed by atoms with E-state index < -0.39 is 10.0 Å². The highest BCUT2D eigenvalue weighted by Crippen LogP contribution is 2.25. The van der Waals surface area contributed by atoms with Gasteiger partial charge in [-0.05, 0) is 61.9 Å². The number of anilines is 2. The summed E-state index contributed by atoms with van der Waals surface area (Å²) in [4.78, 5) is 20.4. The molecule has 0 spiro atoms. The molecule has 7 nitrogen and oxygen atoms in total. The molecule has 3 rings (SSSR count). The van der Waals surface area contributed by atoms with E-state index in [0.29, 0.717) is 32.9 Å². The van der Waals surface area contributed by atoms with Gasteiger partial charge in [0.25, 0.3) is 10.0 Å². The topological polar surface area (TPSA) is 101 Å². The number of carbonyl (C=O) groups excluding carboxylic acids is 1. The molecule has 2 aromatic carbocycles. The third kappa shape index (κ3) is 6.83. The molecule has 0 aliphatic rings. The minimum Gasteiger partial charge on any atom is -0.325 e. The number of aryl methyl sites for hydroxylation is 2. The minimum atomic E-state index is -3.86. The van der Waals surface area contributed by atoms with E-state index >= 15 is 0 Å². The molecule has 11 heteroatoms. The zero-order chi connectivity index (χ0) is 23.3. The number of thioether (sulfide) groups is 1. The molecule has 0 aliphatic carbocycles. The van der Waals surface area contributed by atoms with Crippen molar-refractivity contribution in [2.24, 2.45) is 0 Å². The number of amides is 1. The maximum absolute atomic E-state index is 12.6. The van der Waals surface area contributed by atoms with Crippen molar-refractivity contribution >= 4 is 62.5 Å². The summed E-state index contributed by atoms with van der Waals surface area (Å²) in [7, 11) is -3.86.